The zero-order valence-electron chi connectivity index (χ0n) is 14.4. The van der Waals surface area contributed by atoms with Crippen LogP contribution in [0.1, 0.15) is 34.6 Å². The highest BCUT2D eigenvalue weighted by atomic mass is 31.2. The zero-order valence-corrected chi connectivity index (χ0v) is 16.2. The average molecular weight is 371 g/mol. The lowest BCUT2D eigenvalue weighted by atomic mass is 10.3. The second-order valence-electron chi connectivity index (χ2n) is 4.38. The molecule has 0 heterocycles. The molecule has 0 aromatic rings. The van der Waals surface area contributed by atoms with Gasteiger partial charge in [0.25, 0.3) is 0 Å². The molecule has 1 amide bonds. The SMILES string of the molecule is C=C(C)C(=O)NC(P(=O)(OCC)OCC)P(=O)(OCC)OCC. The fourth-order valence-corrected chi connectivity index (χ4v) is 6.54. The maximum Gasteiger partial charge on any atom is 0.365 e. The van der Waals surface area contributed by atoms with Crippen LogP contribution in [0.15, 0.2) is 12.2 Å². The van der Waals surface area contributed by atoms with E-state index in [-0.39, 0.29) is 32.0 Å². The Balaban J connectivity index is 5.94. The Kier molecular flexibility index (Phi) is 10.2. The summed E-state index contributed by atoms with van der Waals surface area (Å²) < 4.78 is 46.9. The topological polar surface area (TPSA) is 100 Å². The van der Waals surface area contributed by atoms with E-state index < -0.39 is 26.6 Å². The monoisotopic (exact) mass is 371 g/mol. The fraction of sp³-hybridized carbons (Fsp3) is 0.769. The standard InChI is InChI=1S/C13H27NO7P2/c1-7-18-22(16,19-8-2)13(14-12(15)11(5)6)23(17,20-9-3)21-10-4/h13H,5,7-10H2,1-4,6H3,(H,14,15). The van der Waals surface area contributed by atoms with Gasteiger partial charge in [0.2, 0.25) is 11.4 Å². The Morgan fingerprint density at radius 1 is 0.913 bits per heavy atom. The van der Waals surface area contributed by atoms with Crippen LogP contribution in [0.2, 0.25) is 0 Å². The quantitative estimate of drug-likeness (QED) is 0.414. The van der Waals surface area contributed by atoms with Gasteiger partial charge in [-0.2, -0.15) is 0 Å². The lowest BCUT2D eigenvalue weighted by Crippen LogP contribution is -2.37. The third-order valence-electron chi connectivity index (χ3n) is 2.48. The Hall–Kier alpha value is -0.490. The van der Waals surface area contributed by atoms with Gasteiger partial charge >= 0.3 is 15.2 Å². The minimum atomic E-state index is -3.99. The number of rotatable bonds is 12. The third-order valence-corrected chi connectivity index (χ3v) is 8.11. The van der Waals surface area contributed by atoms with Crippen LogP contribution in [0.3, 0.4) is 0 Å². The van der Waals surface area contributed by atoms with E-state index in [1.807, 2.05) is 0 Å². The van der Waals surface area contributed by atoms with Crippen LogP contribution >= 0.6 is 15.2 Å². The second kappa shape index (κ2) is 10.4. The van der Waals surface area contributed by atoms with E-state index in [9.17, 15) is 13.9 Å². The van der Waals surface area contributed by atoms with Gasteiger partial charge in [-0.3, -0.25) is 13.9 Å². The van der Waals surface area contributed by atoms with Crippen molar-refractivity contribution >= 4 is 21.1 Å². The molecule has 0 saturated carbocycles. The molecule has 0 aromatic carbocycles. The molecule has 0 aliphatic carbocycles. The van der Waals surface area contributed by atoms with Crippen molar-refractivity contribution in [3.63, 3.8) is 0 Å². The lowest BCUT2D eigenvalue weighted by molar-refractivity contribution is -0.117. The largest absolute Gasteiger partial charge is 0.365 e. The first kappa shape index (κ1) is 22.5. The number of carbonyl (C=O) groups is 1. The van der Waals surface area contributed by atoms with Crippen molar-refractivity contribution < 1.29 is 32.0 Å². The summed E-state index contributed by atoms with van der Waals surface area (Å²) in [6, 6.07) is 0. The molecular weight excluding hydrogens is 344 g/mol. The van der Waals surface area contributed by atoms with E-state index in [2.05, 4.69) is 11.9 Å². The van der Waals surface area contributed by atoms with Crippen LogP contribution in [0.5, 0.6) is 0 Å². The van der Waals surface area contributed by atoms with E-state index in [4.69, 9.17) is 18.1 Å². The molecule has 0 aliphatic rings. The summed E-state index contributed by atoms with van der Waals surface area (Å²) >= 11 is 0. The summed E-state index contributed by atoms with van der Waals surface area (Å²) in [6.07, 6.45) is 0. The van der Waals surface area contributed by atoms with Gasteiger partial charge in [-0.05, 0) is 34.6 Å². The average Bonchev–Trinajstić information content (AvgIpc) is 2.45. The van der Waals surface area contributed by atoms with Crippen LogP contribution in [0, 0.1) is 0 Å². The van der Waals surface area contributed by atoms with Crippen LogP contribution < -0.4 is 5.32 Å². The third kappa shape index (κ3) is 6.49. The van der Waals surface area contributed by atoms with E-state index in [0.29, 0.717) is 0 Å². The second-order valence-corrected chi connectivity index (χ2v) is 9.01. The van der Waals surface area contributed by atoms with E-state index in [1.165, 1.54) is 6.92 Å². The normalized spacial score (nSPS) is 12.4. The molecule has 0 aliphatic heterocycles. The first-order valence-corrected chi connectivity index (χ1v) is 10.7. The highest BCUT2D eigenvalue weighted by molar-refractivity contribution is 7.72. The highest BCUT2D eigenvalue weighted by Crippen LogP contribution is 2.69. The Morgan fingerprint density at radius 3 is 1.43 bits per heavy atom. The van der Waals surface area contributed by atoms with Gasteiger partial charge in [0.05, 0.1) is 26.4 Å². The summed E-state index contributed by atoms with van der Waals surface area (Å²) in [6.45, 7) is 11.5. The van der Waals surface area contributed by atoms with Crippen molar-refractivity contribution in [2.75, 3.05) is 26.4 Å². The number of hydrogen-bond donors (Lipinski definition) is 1. The maximum absolute atomic E-state index is 13.0. The van der Waals surface area contributed by atoms with Gasteiger partial charge in [-0.1, -0.05) is 6.58 Å². The molecule has 0 spiro atoms. The smallest absolute Gasteiger partial charge is 0.328 e. The van der Waals surface area contributed by atoms with Gasteiger partial charge in [0.1, 0.15) is 0 Å². The first-order chi connectivity index (χ1) is 10.7. The van der Waals surface area contributed by atoms with E-state index in [0.717, 1.165) is 0 Å². The van der Waals surface area contributed by atoms with Gasteiger partial charge in [-0.15, -0.1) is 0 Å². The predicted octanol–water partition coefficient (Wildman–Crippen LogP) is 3.49. The molecule has 0 saturated heterocycles. The van der Waals surface area contributed by atoms with Crippen LogP contribution in [0.4, 0.5) is 0 Å². The molecule has 0 radical (unpaired) electrons. The summed E-state index contributed by atoms with van der Waals surface area (Å²) in [4.78, 5) is 12.0. The molecule has 0 unspecified atom stereocenters. The number of hydrogen-bond acceptors (Lipinski definition) is 7. The van der Waals surface area contributed by atoms with Crippen LogP contribution in [-0.4, -0.2) is 37.9 Å². The Labute approximate surface area is 138 Å². The molecule has 0 fully saturated rings. The molecule has 1 N–H and O–H groups in total. The number of nitrogens with one attached hydrogen (secondary N) is 1. The summed E-state index contributed by atoms with van der Waals surface area (Å²) in [5.41, 5.74) is -1.42. The summed E-state index contributed by atoms with van der Waals surface area (Å²) in [5, 5.41) is 2.37. The minimum Gasteiger partial charge on any atom is -0.328 e. The van der Waals surface area contributed by atoms with Crippen molar-refractivity contribution in [1.29, 1.82) is 0 Å². The van der Waals surface area contributed by atoms with Crippen molar-refractivity contribution in [1.82, 2.24) is 5.32 Å². The Bertz CT molecular complexity index is 445. The molecule has 0 aromatic heterocycles. The van der Waals surface area contributed by atoms with Crippen LogP contribution in [0.25, 0.3) is 0 Å². The van der Waals surface area contributed by atoms with Gasteiger partial charge in [0, 0.05) is 5.57 Å². The minimum absolute atomic E-state index is 0.0367. The Morgan fingerprint density at radius 2 is 1.22 bits per heavy atom. The highest BCUT2D eigenvalue weighted by Gasteiger charge is 2.52. The molecule has 8 nitrogen and oxygen atoms in total. The summed E-state index contributed by atoms with van der Waals surface area (Å²) in [5.74, 6) is -0.644. The fourth-order valence-electron chi connectivity index (χ4n) is 1.65. The van der Waals surface area contributed by atoms with Gasteiger partial charge in [-0.25, -0.2) is 0 Å². The van der Waals surface area contributed by atoms with Crippen molar-refractivity contribution in [2.45, 2.75) is 40.1 Å². The van der Waals surface area contributed by atoms with Crippen molar-refractivity contribution in [2.24, 2.45) is 0 Å². The maximum atomic E-state index is 13.0. The van der Waals surface area contributed by atoms with Crippen LogP contribution in [-0.2, 0) is 32.0 Å². The van der Waals surface area contributed by atoms with Gasteiger partial charge in [0.15, 0.2) is 0 Å². The molecule has 136 valence electrons. The molecule has 23 heavy (non-hydrogen) atoms. The molecule has 0 rings (SSSR count). The lowest BCUT2D eigenvalue weighted by Gasteiger charge is -2.31. The first-order valence-electron chi connectivity index (χ1n) is 7.44. The van der Waals surface area contributed by atoms with E-state index in [1.54, 1.807) is 27.7 Å². The predicted molar refractivity (Wildman–Crippen MR) is 88.5 cm³/mol. The number of amides is 1. The number of carbonyl (C=O) groups excluding carboxylic acids is 1. The van der Waals surface area contributed by atoms with E-state index >= 15 is 0 Å². The molecule has 0 bridgehead atoms. The zero-order chi connectivity index (χ0) is 18.1. The molecular formula is C13H27NO7P2. The summed E-state index contributed by atoms with van der Waals surface area (Å²) in [7, 11) is -7.98. The van der Waals surface area contributed by atoms with Gasteiger partial charge < -0.3 is 23.4 Å². The molecule has 10 heteroatoms. The van der Waals surface area contributed by atoms with Crippen molar-refractivity contribution in [3.8, 4) is 0 Å². The molecule has 0 atom stereocenters. The van der Waals surface area contributed by atoms with Crippen molar-refractivity contribution in [3.05, 3.63) is 12.2 Å².